The Morgan fingerprint density at radius 2 is 2.00 bits per heavy atom. The molecule has 114 valence electrons. The molecule has 0 saturated carbocycles. The molecule has 2 N–H and O–H groups in total. The number of amidine groups is 1. The number of Topliss-reactive ketones (excluding diaryl/α,β-unsaturated/α-hetero) is 1. The van der Waals surface area contributed by atoms with Crippen LogP contribution in [0, 0.1) is 0 Å². The number of carbonyl (C=O) groups excluding carboxylic acids is 1. The molecule has 0 aliphatic heterocycles. The Morgan fingerprint density at radius 3 is 2.68 bits per heavy atom. The Morgan fingerprint density at radius 1 is 1.27 bits per heavy atom. The minimum Gasteiger partial charge on any atom is -0.480 e. The number of hydrogen-bond acceptors (Lipinski definition) is 5. The van der Waals surface area contributed by atoms with Crippen molar-refractivity contribution >= 4 is 27.5 Å². The van der Waals surface area contributed by atoms with E-state index in [1.807, 2.05) is 6.07 Å². The number of pyridine rings is 1. The minimum absolute atomic E-state index is 0.0617. The number of halogens is 1. The zero-order valence-electron chi connectivity index (χ0n) is 11.8. The molecule has 0 aliphatic rings. The molecule has 7 heteroatoms. The summed E-state index contributed by atoms with van der Waals surface area (Å²) in [6.07, 6.45) is 0. The van der Waals surface area contributed by atoms with Gasteiger partial charge in [-0.05, 0) is 28.1 Å². The highest BCUT2D eigenvalue weighted by atomic mass is 79.9. The lowest BCUT2D eigenvalue weighted by Gasteiger charge is -2.05. The largest absolute Gasteiger partial charge is 0.480 e. The van der Waals surface area contributed by atoms with Crippen LogP contribution in [-0.4, -0.2) is 30.3 Å². The second-order valence-corrected chi connectivity index (χ2v) is 5.08. The number of oxime groups is 1. The maximum absolute atomic E-state index is 11.8. The first-order valence-corrected chi connectivity index (χ1v) is 7.15. The lowest BCUT2D eigenvalue weighted by atomic mass is 10.1. The number of methoxy groups -OCH3 is 1. The van der Waals surface area contributed by atoms with Gasteiger partial charge in [0, 0.05) is 5.56 Å². The van der Waals surface area contributed by atoms with Crippen molar-refractivity contribution in [1.82, 2.24) is 4.98 Å². The average Bonchev–Trinajstić information content (AvgIpc) is 2.55. The molecule has 0 spiro atoms. The van der Waals surface area contributed by atoms with Crippen molar-refractivity contribution in [3.05, 3.63) is 58.2 Å². The van der Waals surface area contributed by atoms with Gasteiger partial charge in [-0.15, -0.1) is 0 Å². The van der Waals surface area contributed by atoms with Crippen molar-refractivity contribution in [2.75, 3.05) is 13.7 Å². The van der Waals surface area contributed by atoms with Gasteiger partial charge >= 0.3 is 0 Å². The molecule has 2 rings (SSSR count). The molecule has 0 amide bonds. The SMILES string of the molecule is COc1nc(/C(N)=N/OCC(=O)c2ccccc2)ccc1Br. The fourth-order valence-corrected chi connectivity index (χ4v) is 2.01. The summed E-state index contributed by atoms with van der Waals surface area (Å²) in [5.41, 5.74) is 6.72. The van der Waals surface area contributed by atoms with Crippen LogP contribution in [-0.2, 0) is 4.84 Å². The van der Waals surface area contributed by atoms with Crippen LogP contribution in [0.25, 0.3) is 0 Å². The number of carbonyl (C=O) groups is 1. The number of nitrogens with two attached hydrogens (primary N) is 1. The zero-order valence-corrected chi connectivity index (χ0v) is 13.4. The molecule has 0 aliphatic carbocycles. The molecule has 0 saturated heterocycles. The van der Waals surface area contributed by atoms with Gasteiger partial charge in [0.25, 0.3) is 0 Å². The number of nitrogens with zero attached hydrogens (tertiary/aromatic N) is 2. The van der Waals surface area contributed by atoms with Crippen molar-refractivity contribution in [1.29, 1.82) is 0 Å². The number of hydrogen-bond donors (Lipinski definition) is 1. The smallest absolute Gasteiger partial charge is 0.228 e. The van der Waals surface area contributed by atoms with Gasteiger partial charge in [-0.3, -0.25) is 4.79 Å². The fourth-order valence-electron chi connectivity index (χ4n) is 1.62. The van der Waals surface area contributed by atoms with Gasteiger partial charge in [-0.25, -0.2) is 4.98 Å². The molecular weight excluding hydrogens is 350 g/mol. The first kappa shape index (κ1) is 16.0. The van der Waals surface area contributed by atoms with Gasteiger partial charge in [0.2, 0.25) is 11.7 Å². The highest BCUT2D eigenvalue weighted by molar-refractivity contribution is 9.10. The number of rotatable bonds is 6. The van der Waals surface area contributed by atoms with Gasteiger partial charge in [0.1, 0.15) is 5.69 Å². The van der Waals surface area contributed by atoms with Gasteiger partial charge in [0.05, 0.1) is 11.6 Å². The number of benzene rings is 1. The Labute approximate surface area is 136 Å². The van der Waals surface area contributed by atoms with Crippen LogP contribution in [0.3, 0.4) is 0 Å². The minimum atomic E-state index is -0.196. The van der Waals surface area contributed by atoms with Crippen LogP contribution < -0.4 is 10.5 Å². The van der Waals surface area contributed by atoms with Crippen molar-refractivity contribution in [3.8, 4) is 5.88 Å². The summed E-state index contributed by atoms with van der Waals surface area (Å²) in [6, 6.07) is 12.2. The van der Waals surface area contributed by atoms with E-state index in [1.165, 1.54) is 7.11 Å². The maximum atomic E-state index is 11.8. The predicted molar refractivity (Wildman–Crippen MR) is 85.9 cm³/mol. The van der Waals surface area contributed by atoms with E-state index in [1.54, 1.807) is 36.4 Å². The molecule has 0 bridgehead atoms. The zero-order chi connectivity index (χ0) is 15.9. The number of aromatic nitrogens is 1. The Balaban J connectivity index is 2.00. The van der Waals surface area contributed by atoms with Gasteiger partial charge in [0.15, 0.2) is 12.4 Å². The fraction of sp³-hybridized carbons (Fsp3) is 0.133. The lowest BCUT2D eigenvalue weighted by molar-refractivity contribution is 0.0775. The third kappa shape index (κ3) is 4.05. The second kappa shape index (κ2) is 7.56. The van der Waals surface area contributed by atoms with E-state index in [-0.39, 0.29) is 18.2 Å². The van der Waals surface area contributed by atoms with E-state index in [4.69, 9.17) is 15.3 Å². The molecule has 2 aromatic rings. The van der Waals surface area contributed by atoms with Crippen LogP contribution in [0.5, 0.6) is 5.88 Å². The topological polar surface area (TPSA) is 86.8 Å². The maximum Gasteiger partial charge on any atom is 0.228 e. The van der Waals surface area contributed by atoms with Gasteiger partial charge in [-0.1, -0.05) is 35.5 Å². The summed E-state index contributed by atoms with van der Waals surface area (Å²) in [5.74, 6) is 0.265. The second-order valence-electron chi connectivity index (χ2n) is 4.23. The van der Waals surface area contributed by atoms with Gasteiger partial charge < -0.3 is 15.3 Å². The molecule has 22 heavy (non-hydrogen) atoms. The highest BCUT2D eigenvalue weighted by Crippen LogP contribution is 2.21. The van der Waals surface area contributed by atoms with E-state index >= 15 is 0 Å². The first-order valence-electron chi connectivity index (χ1n) is 6.36. The molecule has 0 unspecified atom stereocenters. The van der Waals surface area contributed by atoms with E-state index < -0.39 is 0 Å². The molecule has 0 radical (unpaired) electrons. The lowest BCUT2D eigenvalue weighted by Crippen LogP contribution is -2.17. The standard InChI is InChI=1S/C15H14BrN3O3/c1-21-15-11(16)7-8-12(18-15)14(17)19-22-9-13(20)10-5-3-2-4-6-10/h2-8H,9H2,1H3,(H2,17,19). The van der Waals surface area contributed by atoms with Crippen LogP contribution in [0.2, 0.25) is 0 Å². The van der Waals surface area contributed by atoms with Crippen molar-refractivity contribution < 1.29 is 14.4 Å². The van der Waals surface area contributed by atoms with Crippen LogP contribution in [0.15, 0.2) is 52.1 Å². The summed E-state index contributed by atoms with van der Waals surface area (Å²) in [5, 5.41) is 3.71. The van der Waals surface area contributed by atoms with Crippen LogP contribution in [0.4, 0.5) is 0 Å². The molecule has 1 aromatic carbocycles. The van der Waals surface area contributed by atoms with Crippen molar-refractivity contribution in [2.45, 2.75) is 0 Å². The molecular formula is C15H14BrN3O3. The molecule has 1 aromatic heterocycles. The highest BCUT2D eigenvalue weighted by Gasteiger charge is 2.08. The molecule has 1 heterocycles. The summed E-state index contributed by atoms with van der Waals surface area (Å²) >= 11 is 3.29. The van der Waals surface area contributed by atoms with E-state index in [2.05, 4.69) is 26.1 Å². The van der Waals surface area contributed by atoms with Gasteiger partial charge in [-0.2, -0.15) is 0 Å². The Bertz CT molecular complexity index is 690. The summed E-state index contributed by atoms with van der Waals surface area (Å²) in [6.45, 7) is -0.196. The molecule has 6 nitrogen and oxygen atoms in total. The summed E-state index contributed by atoms with van der Waals surface area (Å²) < 4.78 is 5.77. The van der Waals surface area contributed by atoms with E-state index in [0.29, 0.717) is 21.6 Å². The Kier molecular flexibility index (Phi) is 5.48. The van der Waals surface area contributed by atoms with Crippen molar-refractivity contribution in [2.24, 2.45) is 10.9 Å². The third-order valence-electron chi connectivity index (χ3n) is 2.72. The quantitative estimate of drug-likeness (QED) is 0.368. The van der Waals surface area contributed by atoms with E-state index in [0.717, 1.165) is 0 Å². The van der Waals surface area contributed by atoms with E-state index in [9.17, 15) is 4.79 Å². The third-order valence-corrected chi connectivity index (χ3v) is 3.33. The summed E-state index contributed by atoms with van der Waals surface area (Å²) in [4.78, 5) is 21.0. The van der Waals surface area contributed by atoms with Crippen molar-refractivity contribution in [3.63, 3.8) is 0 Å². The number of ether oxygens (including phenoxy) is 1. The predicted octanol–water partition coefficient (Wildman–Crippen LogP) is 2.37. The number of ketones is 1. The monoisotopic (exact) mass is 363 g/mol. The molecule has 0 fully saturated rings. The molecule has 0 atom stereocenters. The normalized spacial score (nSPS) is 11.1. The van der Waals surface area contributed by atoms with Crippen LogP contribution in [0.1, 0.15) is 16.1 Å². The first-order chi connectivity index (χ1) is 10.6. The Hall–Kier alpha value is -2.41. The van der Waals surface area contributed by atoms with Crippen LogP contribution >= 0.6 is 15.9 Å². The average molecular weight is 364 g/mol. The summed E-state index contributed by atoms with van der Waals surface area (Å²) in [7, 11) is 1.50.